The summed E-state index contributed by atoms with van der Waals surface area (Å²) in [5.74, 6) is -2.74. The van der Waals surface area contributed by atoms with E-state index in [2.05, 4.69) is 15.2 Å². The Hall–Kier alpha value is -4.00. The van der Waals surface area contributed by atoms with Crippen molar-refractivity contribution in [2.75, 3.05) is 10.1 Å². The number of nitro benzene ring substituents is 1. The summed E-state index contributed by atoms with van der Waals surface area (Å²) in [7, 11) is -4.13. The molecule has 0 heterocycles. The van der Waals surface area contributed by atoms with Gasteiger partial charge in [0.1, 0.15) is 11.4 Å². The number of hydrazone groups is 1. The van der Waals surface area contributed by atoms with E-state index in [1.807, 2.05) is 0 Å². The number of carboxylic acids is 2. The normalized spacial score (nSPS) is 11.5. The Morgan fingerprint density at radius 1 is 1.07 bits per heavy atom. The van der Waals surface area contributed by atoms with E-state index < -0.39 is 56.0 Å². The number of nitrogens with zero attached hydrogens (tertiary/aromatic N) is 2. The molecule has 12 nitrogen and oxygen atoms in total. The first-order chi connectivity index (χ1) is 14.1. The van der Waals surface area contributed by atoms with E-state index in [1.54, 1.807) is 18.2 Å². The molecule has 0 spiro atoms. The number of hydrogen-bond donors (Lipinski definition) is 4. The Morgan fingerprint density at radius 3 is 2.30 bits per heavy atom. The molecule has 0 aliphatic rings. The third-order valence-corrected chi connectivity index (χ3v) is 5.02. The molecule has 2 aromatic carbocycles. The van der Waals surface area contributed by atoms with E-state index in [4.69, 9.17) is 10.2 Å². The maximum absolute atomic E-state index is 12.5. The van der Waals surface area contributed by atoms with E-state index in [0.29, 0.717) is 0 Å². The Labute approximate surface area is 170 Å². The first kappa shape index (κ1) is 22.3. The van der Waals surface area contributed by atoms with Gasteiger partial charge in [0.05, 0.1) is 16.2 Å². The lowest BCUT2D eigenvalue weighted by atomic mass is 10.2. The Kier molecular flexibility index (Phi) is 7.03. The minimum Gasteiger partial charge on any atom is -0.481 e. The minimum absolute atomic E-state index is 0.261. The summed E-state index contributed by atoms with van der Waals surface area (Å²) in [5, 5.41) is 32.5. The molecular weight excluding hydrogens is 420 g/mol. The highest BCUT2D eigenvalue weighted by Crippen LogP contribution is 2.28. The van der Waals surface area contributed by atoms with Gasteiger partial charge in [0, 0.05) is 18.2 Å². The highest BCUT2D eigenvalue weighted by atomic mass is 32.2. The number of nitrogens with one attached hydrogen (secondary N) is 2. The van der Waals surface area contributed by atoms with Gasteiger partial charge < -0.3 is 10.2 Å². The summed E-state index contributed by atoms with van der Waals surface area (Å²) < 4.78 is 27.2. The number of para-hydroxylation sites is 1. The number of aliphatic carboxylic acids is 2. The van der Waals surface area contributed by atoms with Crippen molar-refractivity contribution in [3.05, 3.63) is 58.6 Å². The third-order valence-electron chi connectivity index (χ3n) is 3.64. The van der Waals surface area contributed by atoms with Crippen LogP contribution in [0.4, 0.5) is 17.1 Å². The van der Waals surface area contributed by atoms with Gasteiger partial charge in [-0.15, -0.1) is 0 Å². The molecule has 158 valence electrons. The smallest absolute Gasteiger partial charge is 0.352 e. The van der Waals surface area contributed by atoms with Crippen molar-refractivity contribution in [2.45, 2.75) is 17.7 Å². The molecule has 0 bridgehead atoms. The molecule has 0 atom stereocenters. The summed E-state index contributed by atoms with van der Waals surface area (Å²) in [6, 6.07) is 10.8. The van der Waals surface area contributed by atoms with Crippen LogP contribution in [0.5, 0.6) is 0 Å². The fourth-order valence-electron chi connectivity index (χ4n) is 2.21. The summed E-state index contributed by atoms with van der Waals surface area (Å²) in [4.78, 5) is 31.8. The maximum atomic E-state index is 12.5. The lowest BCUT2D eigenvalue weighted by Crippen LogP contribution is -2.17. The van der Waals surface area contributed by atoms with E-state index in [1.165, 1.54) is 12.1 Å². The zero-order valence-electron chi connectivity index (χ0n) is 15.2. The molecule has 0 radical (unpaired) electrons. The zero-order valence-corrected chi connectivity index (χ0v) is 16.0. The van der Waals surface area contributed by atoms with E-state index in [-0.39, 0.29) is 11.4 Å². The zero-order chi connectivity index (χ0) is 22.3. The lowest BCUT2D eigenvalue weighted by molar-refractivity contribution is -0.384. The predicted octanol–water partition coefficient (Wildman–Crippen LogP) is 2.11. The van der Waals surface area contributed by atoms with Crippen molar-refractivity contribution in [2.24, 2.45) is 5.10 Å². The van der Waals surface area contributed by atoms with Crippen molar-refractivity contribution in [1.82, 2.24) is 0 Å². The quantitative estimate of drug-likeness (QED) is 0.245. The fourth-order valence-corrected chi connectivity index (χ4v) is 3.29. The minimum atomic E-state index is -4.13. The van der Waals surface area contributed by atoms with Crippen LogP contribution < -0.4 is 10.1 Å². The molecule has 0 aromatic heterocycles. The standard InChI is InChI=1S/C17H16N4O8S/c22-16(23)9-8-14(17(24)25)19-18-13-7-6-12(10-15(13)21(26)27)30(28,29)20-11-4-2-1-3-5-11/h1-7,10,18,20H,8-9H2,(H,22,23)(H,24,25). The number of benzene rings is 2. The maximum Gasteiger partial charge on any atom is 0.352 e. The van der Waals surface area contributed by atoms with E-state index in [0.717, 1.165) is 18.2 Å². The highest BCUT2D eigenvalue weighted by Gasteiger charge is 2.22. The molecule has 0 saturated heterocycles. The van der Waals surface area contributed by atoms with Crippen LogP contribution in [0, 0.1) is 10.1 Å². The van der Waals surface area contributed by atoms with Crippen LogP contribution in [0.25, 0.3) is 0 Å². The van der Waals surface area contributed by atoms with Crippen molar-refractivity contribution in [3.8, 4) is 0 Å². The molecular formula is C17H16N4O8S. The average molecular weight is 436 g/mol. The third kappa shape index (κ3) is 6.00. The first-order valence-corrected chi connectivity index (χ1v) is 9.72. The molecule has 2 rings (SSSR count). The molecule has 30 heavy (non-hydrogen) atoms. The predicted molar refractivity (Wildman–Crippen MR) is 106 cm³/mol. The second-order valence-corrected chi connectivity index (χ2v) is 7.46. The number of sulfonamides is 1. The van der Waals surface area contributed by atoms with Gasteiger partial charge in [-0.3, -0.25) is 25.1 Å². The number of hydrogen-bond acceptors (Lipinski definition) is 8. The highest BCUT2D eigenvalue weighted by molar-refractivity contribution is 7.92. The number of rotatable bonds is 10. The number of carbonyl (C=O) groups is 2. The fraction of sp³-hybridized carbons (Fsp3) is 0.118. The molecule has 0 fully saturated rings. The van der Waals surface area contributed by atoms with E-state index >= 15 is 0 Å². The molecule has 0 aliphatic heterocycles. The summed E-state index contributed by atoms with van der Waals surface area (Å²) in [6.07, 6.45) is -0.920. The molecule has 0 amide bonds. The molecule has 4 N–H and O–H groups in total. The Bertz CT molecular complexity index is 1100. The summed E-state index contributed by atoms with van der Waals surface area (Å²) in [5.41, 5.74) is 0.946. The topological polar surface area (TPSA) is 188 Å². The van der Waals surface area contributed by atoms with Gasteiger partial charge in [-0.05, 0) is 24.3 Å². The molecule has 13 heteroatoms. The monoisotopic (exact) mass is 436 g/mol. The largest absolute Gasteiger partial charge is 0.481 e. The van der Waals surface area contributed by atoms with Crippen LogP contribution in [0.3, 0.4) is 0 Å². The summed E-state index contributed by atoms with van der Waals surface area (Å²) in [6.45, 7) is 0. The number of nitro groups is 1. The van der Waals surface area contributed by atoms with Gasteiger partial charge >= 0.3 is 11.9 Å². The van der Waals surface area contributed by atoms with Crippen LogP contribution in [-0.2, 0) is 19.6 Å². The van der Waals surface area contributed by atoms with Gasteiger partial charge in [0.15, 0.2) is 0 Å². The summed E-state index contributed by atoms with van der Waals surface area (Å²) >= 11 is 0. The van der Waals surface area contributed by atoms with Crippen LogP contribution >= 0.6 is 0 Å². The number of carboxylic acid groups (broad SMARTS) is 2. The first-order valence-electron chi connectivity index (χ1n) is 8.24. The van der Waals surface area contributed by atoms with Crippen molar-refractivity contribution in [3.63, 3.8) is 0 Å². The van der Waals surface area contributed by atoms with Crippen LogP contribution in [0.15, 0.2) is 58.5 Å². The van der Waals surface area contributed by atoms with Crippen molar-refractivity contribution < 1.29 is 33.1 Å². The van der Waals surface area contributed by atoms with Crippen molar-refractivity contribution in [1.29, 1.82) is 0 Å². The van der Waals surface area contributed by atoms with Crippen LogP contribution in [-0.4, -0.2) is 41.2 Å². The van der Waals surface area contributed by atoms with Gasteiger partial charge in [-0.2, -0.15) is 5.10 Å². The molecule has 0 aliphatic carbocycles. The second kappa shape index (κ2) is 9.47. The van der Waals surface area contributed by atoms with Gasteiger partial charge in [-0.25, -0.2) is 13.2 Å². The van der Waals surface area contributed by atoms with Crippen LogP contribution in [0.1, 0.15) is 12.8 Å². The molecule has 0 unspecified atom stereocenters. The Morgan fingerprint density at radius 2 is 1.73 bits per heavy atom. The van der Waals surface area contributed by atoms with Gasteiger partial charge in [0.2, 0.25) is 0 Å². The molecule has 2 aromatic rings. The number of anilines is 2. The van der Waals surface area contributed by atoms with Gasteiger partial charge in [-0.1, -0.05) is 18.2 Å². The average Bonchev–Trinajstić information content (AvgIpc) is 2.67. The van der Waals surface area contributed by atoms with Gasteiger partial charge in [0.25, 0.3) is 15.7 Å². The van der Waals surface area contributed by atoms with E-state index in [9.17, 15) is 28.1 Å². The lowest BCUT2D eigenvalue weighted by Gasteiger charge is -2.09. The Balaban J connectivity index is 2.32. The van der Waals surface area contributed by atoms with Crippen molar-refractivity contribution >= 4 is 44.7 Å². The molecule has 0 saturated carbocycles. The SMILES string of the molecule is O=C(O)CCC(=NNc1ccc(S(=O)(=O)Nc2ccccc2)cc1[N+](=O)[O-])C(=O)O. The van der Waals surface area contributed by atoms with Crippen LogP contribution in [0.2, 0.25) is 0 Å². The second-order valence-electron chi connectivity index (χ2n) is 5.78.